The second-order valence-corrected chi connectivity index (χ2v) is 6.43. The number of hydrogen-bond acceptors (Lipinski definition) is 2. The van der Waals surface area contributed by atoms with Crippen molar-refractivity contribution in [3.63, 3.8) is 0 Å². The third-order valence-corrected chi connectivity index (χ3v) is 4.42. The molecule has 0 aromatic heterocycles. The highest BCUT2D eigenvalue weighted by molar-refractivity contribution is 6.30. The van der Waals surface area contributed by atoms with Crippen LogP contribution in [-0.4, -0.2) is 11.7 Å². The van der Waals surface area contributed by atoms with Crippen molar-refractivity contribution in [3.8, 4) is 0 Å². The Morgan fingerprint density at radius 3 is 2.17 bits per heavy atom. The summed E-state index contributed by atoms with van der Waals surface area (Å²) in [5.41, 5.74) is 2.34. The number of halogens is 1. The van der Waals surface area contributed by atoms with Gasteiger partial charge in [-0.05, 0) is 67.6 Å². The van der Waals surface area contributed by atoms with Crippen molar-refractivity contribution in [2.75, 3.05) is 5.32 Å². The Morgan fingerprint density at radius 2 is 1.65 bits per heavy atom. The number of Topliss-reactive ketones (excluding diaryl/α,β-unsaturated/α-hetero) is 1. The first-order chi connectivity index (χ1) is 11.0. The summed E-state index contributed by atoms with van der Waals surface area (Å²) in [4.78, 5) is 24.0. The molecule has 0 heterocycles. The molecule has 1 atom stereocenters. The molecule has 3 nitrogen and oxygen atoms in total. The van der Waals surface area contributed by atoms with E-state index in [0.29, 0.717) is 22.2 Å². The second kappa shape index (κ2) is 6.55. The van der Waals surface area contributed by atoms with E-state index < -0.39 is 0 Å². The van der Waals surface area contributed by atoms with Gasteiger partial charge in [-0.3, -0.25) is 9.59 Å². The van der Waals surface area contributed by atoms with E-state index in [4.69, 9.17) is 11.6 Å². The number of carbonyl (C=O) groups excluding carboxylic acids is 2. The number of nitrogens with one attached hydrogen (secondary N) is 1. The highest BCUT2D eigenvalue weighted by Crippen LogP contribution is 2.43. The first kappa shape index (κ1) is 15.8. The van der Waals surface area contributed by atoms with Gasteiger partial charge in [-0.15, -0.1) is 0 Å². The monoisotopic (exact) mass is 327 g/mol. The van der Waals surface area contributed by atoms with E-state index in [0.717, 1.165) is 18.4 Å². The lowest BCUT2D eigenvalue weighted by Crippen LogP contribution is -2.22. The minimum atomic E-state index is -0.153. The predicted octanol–water partition coefficient (Wildman–Crippen LogP) is 4.67. The molecule has 0 bridgehead atoms. The highest BCUT2D eigenvalue weighted by Gasteiger charge is 2.37. The van der Waals surface area contributed by atoms with Crippen LogP contribution in [0.3, 0.4) is 0 Å². The van der Waals surface area contributed by atoms with E-state index in [2.05, 4.69) is 5.32 Å². The molecule has 1 aliphatic carbocycles. The van der Waals surface area contributed by atoms with Crippen LogP contribution in [0.5, 0.6) is 0 Å². The van der Waals surface area contributed by atoms with Gasteiger partial charge in [0.05, 0.1) is 5.92 Å². The molecular formula is C19H18ClNO2. The molecule has 1 aliphatic rings. The van der Waals surface area contributed by atoms with Crippen LogP contribution in [0.1, 0.15) is 41.6 Å². The standard InChI is InChI=1S/C19H18ClNO2/c1-12(22)13-6-10-17(11-7-13)21-19(23)18(14-2-3-14)15-4-8-16(20)9-5-15/h4-11,14,18H,2-3H2,1H3,(H,21,23). The largest absolute Gasteiger partial charge is 0.326 e. The Kier molecular flexibility index (Phi) is 4.49. The molecule has 1 N–H and O–H groups in total. The van der Waals surface area contributed by atoms with E-state index in [1.54, 1.807) is 24.3 Å². The van der Waals surface area contributed by atoms with Crippen molar-refractivity contribution in [1.29, 1.82) is 0 Å². The average Bonchev–Trinajstić information content (AvgIpc) is 3.35. The predicted molar refractivity (Wildman–Crippen MR) is 92.0 cm³/mol. The minimum Gasteiger partial charge on any atom is -0.326 e. The van der Waals surface area contributed by atoms with Crippen LogP contribution in [0.15, 0.2) is 48.5 Å². The summed E-state index contributed by atoms with van der Waals surface area (Å²) in [5, 5.41) is 3.63. The van der Waals surface area contributed by atoms with Gasteiger partial charge in [0.1, 0.15) is 0 Å². The van der Waals surface area contributed by atoms with Crippen LogP contribution in [-0.2, 0) is 4.79 Å². The molecule has 0 aliphatic heterocycles. The first-order valence-corrected chi connectivity index (χ1v) is 8.10. The summed E-state index contributed by atoms with van der Waals surface area (Å²) in [6, 6.07) is 14.5. The van der Waals surface area contributed by atoms with Gasteiger partial charge in [0.25, 0.3) is 0 Å². The number of anilines is 1. The summed E-state index contributed by atoms with van der Waals surface area (Å²) in [6.45, 7) is 1.53. The van der Waals surface area contributed by atoms with Crippen molar-refractivity contribution >= 4 is 29.0 Å². The summed E-state index contributed by atoms with van der Waals surface area (Å²) in [5.74, 6) is 0.248. The zero-order valence-electron chi connectivity index (χ0n) is 12.9. The quantitative estimate of drug-likeness (QED) is 0.811. The Balaban J connectivity index is 1.76. The first-order valence-electron chi connectivity index (χ1n) is 7.72. The summed E-state index contributed by atoms with van der Waals surface area (Å²) in [7, 11) is 0. The van der Waals surface area contributed by atoms with E-state index in [1.807, 2.05) is 24.3 Å². The smallest absolute Gasteiger partial charge is 0.232 e. The molecule has 118 valence electrons. The van der Waals surface area contributed by atoms with Gasteiger partial charge in [-0.25, -0.2) is 0 Å². The van der Waals surface area contributed by atoms with E-state index >= 15 is 0 Å². The lowest BCUT2D eigenvalue weighted by Gasteiger charge is -2.17. The summed E-state index contributed by atoms with van der Waals surface area (Å²) in [6.07, 6.45) is 2.15. The minimum absolute atomic E-state index is 0.00889. The van der Waals surface area contributed by atoms with Crippen LogP contribution < -0.4 is 5.32 Å². The molecule has 1 unspecified atom stereocenters. The topological polar surface area (TPSA) is 46.2 Å². The normalized spacial score (nSPS) is 15.0. The fourth-order valence-electron chi connectivity index (χ4n) is 2.75. The van der Waals surface area contributed by atoms with Crippen molar-refractivity contribution in [2.24, 2.45) is 5.92 Å². The van der Waals surface area contributed by atoms with Gasteiger partial charge < -0.3 is 5.32 Å². The summed E-state index contributed by atoms with van der Waals surface area (Å²) < 4.78 is 0. The van der Waals surface area contributed by atoms with Crippen LogP contribution in [0.2, 0.25) is 5.02 Å². The van der Waals surface area contributed by atoms with Crippen LogP contribution in [0.25, 0.3) is 0 Å². The molecule has 0 radical (unpaired) electrons. The Bertz CT molecular complexity index is 718. The SMILES string of the molecule is CC(=O)c1ccc(NC(=O)C(c2ccc(Cl)cc2)C2CC2)cc1. The van der Waals surface area contributed by atoms with Gasteiger partial charge in [0, 0.05) is 16.3 Å². The number of ketones is 1. The van der Waals surface area contributed by atoms with Crippen LogP contribution >= 0.6 is 11.6 Å². The fraction of sp³-hybridized carbons (Fsp3) is 0.263. The van der Waals surface area contributed by atoms with Gasteiger partial charge >= 0.3 is 0 Å². The van der Waals surface area contributed by atoms with Crippen molar-refractivity contribution < 1.29 is 9.59 Å². The maximum Gasteiger partial charge on any atom is 0.232 e. The molecule has 0 spiro atoms. The average molecular weight is 328 g/mol. The van der Waals surface area contributed by atoms with E-state index in [1.165, 1.54) is 6.92 Å². The molecule has 1 saturated carbocycles. The molecule has 1 fully saturated rings. The molecule has 1 amide bonds. The third-order valence-electron chi connectivity index (χ3n) is 4.16. The van der Waals surface area contributed by atoms with Crippen LogP contribution in [0, 0.1) is 5.92 Å². The molecule has 23 heavy (non-hydrogen) atoms. The molecule has 0 saturated heterocycles. The van der Waals surface area contributed by atoms with Crippen molar-refractivity contribution in [3.05, 3.63) is 64.7 Å². The number of carbonyl (C=O) groups is 2. The van der Waals surface area contributed by atoms with E-state index in [-0.39, 0.29) is 17.6 Å². The maximum absolute atomic E-state index is 12.7. The molecule has 4 heteroatoms. The number of amides is 1. The van der Waals surface area contributed by atoms with E-state index in [9.17, 15) is 9.59 Å². The number of rotatable bonds is 5. The van der Waals surface area contributed by atoms with Gasteiger partial charge in [0.15, 0.2) is 5.78 Å². The lowest BCUT2D eigenvalue weighted by atomic mass is 9.93. The zero-order chi connectivity index (χ0) is 16.4. The number of hydrogen-bond donors (Lipinski definition) is 1. The van der Waals surface area contributed by atoms with Crippen molar-refractivity contribution in [1.82, 2.24) is 0 Å². The molecular weight excluding hydrogens is 310 g/mol. The molecule has 2 aromatic carbocycles. The summed E-state index contributed by atoms with van der Waals surface area (Å²) >= 11 is 5.93. The fourth-order valence-corrected chi connectivity index (χ4v) is 2.87. The maximum atomic E-state index is 12.7. The Morgan fingerprint density at radius 1 is 1.04 bits per heavy atom. The third kappa shape index (κ3) is 3.80. The van der Waals surface area contributed by atoms with Gasteiger partial charge in [-0.2, -0.15) is 0 Å². The lowest BCUT2D eigenvalue weighted by molar-refractivity contribution is -0.118. The number of benzene rings is 2. The van der Waals surface area contributed by atoms with Gasteiger partial charge in [0.2, 0.25) is 5.91 Å². The Hall–Kier alpha value is -2.13. The Labute approximate surface area is 140 Å². The van der Waals surface area contributed by atoms with Crippen molar-refractivity contribution in [2.45, 2.75) is 25.7 Å². The second-order valence-electron chi connectivity index (χ2n) is 5.99. The van der Waals surface area contributed by atoms with Gasteiger partial charge in [-0.1, -0.05) is 23.7 Å². The van der Waals surface area contributed by atoms with Crippen LogP contribution in [0.4, 0.5) is 5.69 Å². The zero-order valence-corrected chi connectivity index (χ0v) is 13.6. The highest BCUT2D eigenvalue weighted by atomic mass is 35.5. The molecule has 2 aromatic rings. The molecule has 3 rings (SSSR count).